The van der Waals surface area contributed by atoms with Crippen molar-refractivity contribution in [2.75, 3.05) is 20.1 Å². The summed E-state index contributed by atoms with van der Waals surface area (Å²) in [4.78, 5) is 37.1. The minimum Gasteiger partial charge on any atom is -0.479 e. The number of hydrogen-bond acceptors (Lipinski definition) is 3. The van der Waals surface area contributed by atoms with Crippen molar-refractivity contribution in [2.45, 2.75) is 13.0 Å². The number of aliphatic carboxylic acids is 1. The van der Waals surface area contributed by atoms with Crippen molar-refractivity contribution in [1.29, 1.82) is 0 Å². The molecule has 0 spiro atoms. The third-order valence-electron chi connectivity index (χ3n) is 3.92. The molecule has 0 radical (unpaired) electrons. The Morgan fingerprint density at radius 2 is 1.78 bits per heavy atom. The molecule has 1 aliphatic rings. The van der Waals surface area contributed by atoms with E-state index in [1.54, 1.807) is 0 Å². The molecule has 124 valence electrons. The molecule has 0 saturated carbocycles. The molecule has 1 aliphatic heterocycles. The van der Waals surface area contributed by atoms with Gasteiger partial charge in [-0.2, -0.15) is 0 Å². The molecule has 1 fully saturated rings. The van der Waals surface area contributed by atoms with Gasteiger partial charge in [-0.05, 0) is 12.1 Å². The number of carbonyl (C=O) groups excluding carboxylic acids is 2. The van der Waals surface area contributed by atoms with E-state index >= 15 is 0 Å². The summed E-state index contributed by atoms with van der Waals surface area (Å²) in [6, 6.07) is 1.22. The lowest BCUT2D eigenvalue weighted by Crippen LogP contribution is -2.56. The predicted molar refractivity (Wildman–Crippen MR) is 75.2 cm³/mol. The van der Waals surface area contributed by atoms with E-state index in [0.717, 1.165) is 23.1 Å². The lowest BCUT2D eigenvalue weighted by molar-refractivity contribution is -0.156. The zero-order chi connectivity index (χ0) is 17.3. The highest BCUT2D eigenvalue weighted by atomic mass is 19.1. The highest BCUT2D eigenvalue weighted by molar-refractivity contribution is 5.88. The normalized spacial score (nSPS) is 15.7. The fraction of sp³-hybridized carbons (Fsp3) is 0.400. The summed E-state index contributed by atoms with van der Waals surface area (Å²) in [5.74, 6) is -4.93. The van der Waals surface area contributed by atoms with Gasteiger partial charge in [0.1, 0.15) is 11.6 Å². The fourth-order valence-corrected chi connectivity index (χ4v) is 2.56. The second-order valence-corrected chi connectivity index (χ2v) is 5.45. The van der Waals surface area contributed by atoms with Gasteiger partial charge in [0.2, 0.25) is 11.8 Å². The zero-order valence-corrected chi connectivity index (χ0v) is 12.6. The minimum absolute atomic E-state index is 0.171. The Morgan fingerprint density at radius 3 is 2.22 bits per heavy atom. The number of carbonyl (C=O) groups is 3. The van der Waals surface area contributed by atoms with Gasteiger partial charge in [-0.25, -0.2) is 13.6 Å². The van der Waals surface area contributed by atoms with Gasteiger partial charge < -0.3 is 14.9 Å². The molecule has 2 rings (SSSR count). The van der Waals surface area contributed by atoms with E-state index in [1.807, 2.05) is 0 Å². The van der Waals surface area contributed by atoms with Gasteiger partial charge >= 0.3 is 5.97 Å². The molecular formula is C15H16F2N2O4. The lowest BCUT2D eigenvalue weighted by Gasteiger charge is -2.40. The Labute approximate surface area is 131 Å². The van der Waals surface area contributed by atoms with Gasteiger partial charge in [-0.15, -0.1) is 0 Å². The molecule has 23 heavy (non-hydrogen) atoms. The quantitative estimate of drug-likeness (QED) is 0.896. The highest BCUT2D eigenvalue weighted by Crippen LogP contribution is 2.28. The monoisotopic (exact) mass is 326 g/mol. The smallest absolute Gasteiger partial charge is 0.331 e. The van der Waals surface area contributed by atoms with E-state index in [1.165, 1.54) is 18.9 Å². The van der Waals surface area contributed by atoms with Gasteiger partial charge in [0.25, 0.3) is 0 Å². The Bertz CT molecular complexity index is 639. The Morgan fingerprint density at radius 1 is 1.26 bits per heavy atom. The van der Waals surface area contributed by atoms with E-state index in [-0.39, 0.29) is 19.0 Å². The fourth-order valence-electron chi connectivity index (χ4n) is 2.56. The predicted octanol–water partition coefficient (Wildman–Crippen LogP) is 1.03. The Kier molecular flexibility index (Phi) is 4.63. The molecule has 0 aromatic heterocycles. The molecule has 1 atom stereocenters. The van der Waals surface area contributed by atoms with Crippen molar-refractivity contribution in [3.05, 3.63) is 35.4 Å². The maximum atomic E-state index is 13.9. The summed E-state index contributed by atoms with van der Waals surface area (Å²) in [5.41, 5.74) is -0.682. The minimum atomic E-state index is -1.77. The molecule has 1 N–H and O–H groups in total. The van der Waals surface area contributed by atoms with E-state index in [0.29, 0.717) is 0 Å². The molecular weight excluding hydrogens is 310 g/mol. The number of carboxylic acid groups (broad SMARTS) is 1. The van der Waals surface area contributed by atoms with Crippen molar-refractivity contribution < 1.29 is 28.3 Å². The van der Waals surface area contributed by atoms with Crippen LogP contribution in [0.2, 0.25) is 0 Å². The van der Waals surface area contributed by atoms with Crippen molar-refractivity contribution in [1.82, 2.24) is 9.80 Å². The number of likely N-dealkylation sites (N-methyl/N-ethyl adjacent to an activating group) is 1. The van der Waals surface area contributed by atoms with Gasteiger partial charge in [-0.1, -0.05) is 6.07 Å². The van der Waals surface area contributed by atoms with Gasteiger partial charge in [0, 0.05) is 27.1 Å². The van der Waals surface area contributed by atoms with E-state index < -0.39 is 41.0 Å². The number of benzene rings is 1. The van der Waals surface area contributed by atoms with Crippen LogP contribution >= 0.6 is 0 Å². The average molecular weight is 326 g/mol. The first-order valence-corrected chi connectivity index (χ1v) is 6.93. The van der Waals surface area contributed by atoms with Crippen molar-refractivity contribution in [3.63, 3.8) is 0 Å². The second kappa shape index (κ2) is 6.31. The average Bonchev–Trinajstić information content (AvgIpc) is 2.39. The standard InChI is InChI=1S/C15H16F2N2O4/c1-8(20)19-6-9(7-19)14(21)18(2)13(15(22)23)12-10(16)4-3-5-11(12)17/h3-5,9,13H,6-7H2,1-2H3,(H,22,23). The largest absolute Gasteiger partial charge is 0.479 e. The number of nitrogens with zero attached hydrogens (tertiary/aromatic N) is 2. The summed E-state index contributed by atoms with van der Waals surface area (Å²) >= 11 is 0. The summed E-state index contributed by atoms with van der Waals surface area (Å²) in [6.07, 6.45) is 0. The van der Waals surface area contributed by atoms with Gasteiger partial charge in [0.15, 0.2) is 6.04 Å². The van der Waals surface area contributed by atoms with Crippen LogP contribution in [-0.2, 0) is 14.4 Å². The van der Waals surface area contributed by atoms with Crippen LogP contribution in [0.25, 0.3) is 0 Å². The Hall–Kier alpha value is -2.51. The van der Waals surface area contributed by atoms with Gasteiger partial charge in [-0.3, -0.25) is 9.59 Å². The first-order chi connectivity index (χ1) is 10.7. The Balaban J connectivity index is 2.23. The molecule has 1 saturated heterocycles. The molecule has 0 bridgehead atoms. The third kappa shape index (κ3) is 3.15. The van der Waals surface area contributed by atoms with E-state index in [2.05, 4.69) is 0 Å². The van der Waals surface area contributed by atoms with Crippen molar-refractivity contribution >= 4 is 17.8 Å². The number of halogens is 2. The number of rotatable bonds is 4. The van der Waals surface area contributed by atoms with Crippen molar-refractivity contribution in [2.24, 2.45) is 5.92 Å². The molecule has 1 aromatic rings. The number of carboxylic acids is 1. The van der Waals surface area contributed by atoms with Crippen LogP contribution in [0.15, 0.2) is 18.2 Å². The third-order valence-corrected chi connectivity index (χ3v) is 3.92. The number of hydrogen-bond donors (Lipinski definition) is 1. The maximum Gasteiger partial charge on any atom is 0.331 e. The molecule has 0 aliphatic carbocycles. The van der Waals surface area contributed by atoms with Crippen LogP contribution in [-0.4, -0.2) is 52.8 Å². The van der Waals surface area contributed by atoms with Crippen LogP contribution in [0.4, 0.5) is 8.78 Å². The zero-order valence-electron chi connectivity index (χ0n) is 12.6. The van der Waals surface area contributed by atoms with Crippen LogP contribution < -0.4 is 0 Å². The summed E-state index contributed by atoms with van der Waals surface area (Å²) in [7, 11) is 1.18. The van der Waals surface area contributed by atoms with Crippen LogP contribution in [0.5, 0.6) is 0 Å². The summed E-state index contributed by atoms with van der Waals surface area (Å²) < 4.78 is 27.7. The van der Waals surface area contributed by atoms with Crippen LogP contribution in [0.1, 0.15) is 18.5 Å². The highest BCUT2D eigenvalue weighted by Gasteiger charge is 2.40. The lowest BCUT2D eigenvalue weighted by atomic mass is 9.96. The number of likely N-dealkylation sites (tertiary alicyclic amines) is 1. The van der Waals surface area contributed by atoms with Crippen LogP contribution in [0.3, 0.4) is 0 Å². The first-order valence-electron chi connectivity index (χ1n) is 6.93. The molecule has 1 unspecified atom stereocenters. The topological polar surface area (TPSA) is 77.9 Å². The van der Waals surface area contributed by atoms with Gasteiger partial charge in [0.05, 0.1) is 11.5 Å². The molecule has 1 heterocycles. The number of amides is 2. The molecule has 6 nitrogen and oxygen atoms in total. The first kappa shape index (κ1) is 16.9. The second-order valence-electron chi connectivity index (χ2n) is 5.45. The maximum absolute atomic E-state index is 13.9. The summed E-state index contributed by atoms with van der Waals surface area (Å²) in [5, 5.41) is 9.32. The molecule has 1 aromatic carbocycles. The van der Waals surface area contributed by atoms with Crippen molar-refractivity contribution in [3.8, 4) is 0 Å². The molecule has 2 amide bonds. The summed E-state index contributed by atoms with van der Waals surface area (Å²) in [6.45, 7) is 1.70. The van der Waals surface area contributed by atoms with E-state index in [9.17, 15) is 28.3 Å². The molecule has 8 heteroatoms. The SMILES string of the molecule is CC(=O)N1CC(C(=O)N(C)C(C(=O)O)c2c(F)cccc2F)C1. The van der Waals surface area contributed by atoms with Crippen LogP contribution in [0, 0.1) is 17.6 Å². The van der Waals surface area contributed by atoms with E-state index in [4.69, 9.17) is 0 Å².